The Bertz CT molecular complexity index is 37.8. The number of hydrogen-bond acceptors (Lipinski definition) is 0. The summed E-state index contributed by atoms with van der Waals surface area (Å²) in [4.78, 5) is 3.22. The van der Waals surface area contributed by atoms with E-state index >= 15 is 0 Å². The fourth-order valence-corrected chi connectivity index (χ4v) is 4.37. The molecule has 0 saturated heterocycles. The molecule has 0 aromatic heterocycles. The van der Waals surface area contributed by atoms with E-state index < -0.39 is 0 Å². The van der Waals surface area contributed by atoms with Gasteiger partial charge in [-0.1, -0.05) is 0 Å². The van der Waals surface area contributed by atoms with Gasteiger partial charge in [-0.05, 0) is 0 Å². The van der Waals surface area contributed by atoms with Crippen molar-refractivity contribution in [2.45, 2.75) is 49.5 Å². The molecule has 0 heterocycles. The molecule has 0 N–H and O–H groups in total. The van der Waals surface area contributed by atoms with E-state index in [2.05, 4.69) is 13.8 Å². The van der Waals surface area contributed by atoms with Crippen LogP contribution in [0.25, 0.3) is 0 Å². The first-order chi connectivity index (χ1) is 4.41. The molecular weight excluding hydrogens is 166 g/mol. The molecule has 0 rings (SSSR count). The average molecular weight is 184 g/mol. The molecule has 0 spiro atoms. The Kier molecular flexibility index (Phi) is 9.25. The standard InChI is InChI=1S/2C4H9.Ga/c2*1-3-4-2;/h2*1,3-4H2,2H3;. The van der Waals surface area contributed by atoms with Crippen LogP contribution in [0.4, 0.5) is 0 Å². The fourth-order valence-electron chi connectivity index (χ4n) is 0.841. The molecule has 0 fully saturated rings. The Balaban J connectivity index is 2.60. The van der Waals surface area contributed by atoms with E-state index in [1.807, 2.05) is 0 Å². The SMILES string of the molecule is CCC[CH2][Ga][CH2]CCC. The van der Waals surface area contributed by atoms with Crippen LogP contribution in [0.2, 0.25) is 9.95 Å². The van der Waals surface area contributed by atoms with Crippen LogP contribution in [-0.2, 0) is 0 Å². The van der Waals surface area contributed by atoms with Gasteiger partial charge in [-0.3, -0.25) is 0 Å². The quantitative estimate of drug-likeness (QED) is 0.439. The van der Waals surface area contributed by atoms with Crippen molar-refractivity contribution in [3.63, 3.8) is 0 Å². The van der Waals surface area contributed by atoms with E-state index in [1.54, 1.807) is 9.95 Å². The molecule has 1 radical (unpaired) electrons. The van der Waals surface area contributed by atoms with Crippen LogP contribution in [-0.4, -0.2) is 17.4 Å². The Morgan fingerprint density at radius 1 is 0.889 bits per heavy atom. The number of unbranched alkanes of at least 4 members (excludes halogenated alkanes) is 2. The van der Waals surface area contributed by atoms with Crippen molar-refractivity contribution < 1.29 is 0 Å². The summed E-state index contributed by atoms with van der Waals surface area (Å²) in [6, 6.07) is 0. The van der Waals surface area contributed by atoms with Crippen LogP contribution in [0, 0.1) is 0 Å². The summed E-state index contributed by atoms with van der Waals surface area (Å²) in [5, 5.41) is 0. The third-order valence-corrected chi connectivity index (χ3v) is 4.95. The molecule has 0 unspecified atom stereocenters. The molecule has 0 atom stereocenters. The molecule has 0 aromatic rings. The van der Waals surface area contributed by atoms with Gasteiger partial charge in [-0.25, -0.2) is 0 Å². The summed E-state index contributed by atoms with van der Waals surface area (Å²) in [7, 11) is 0. The zero-order valence-corrected chi connectivity index (χ0v) is 9.24. The molecule has 0 amide bonds. The Morgan fingerprint density at radius 3 is 1.67 bits per heavy atom. The zero-order valence-electron chi connectivity index (χ0n) is 6.82. The van der Waals surface area contributed by atoms with Gasteiger partial charge in [-0.2, -0.15) is 0 Å². The van der Waals surface area contributed by atoms with Crippen molar-refractivity contribution in [3.05, 3.63) is 0 Å². The van der Waals surface area contributed by atoms with Gasteiger partial charge in [0, 0.05) is 0 Å². The minimum atomic E-state index is 0.255. The summed E-state index contributed by atoms with van der Waals surface area (Å²) in [6.07, 6.45) is 5.82. The normalized spacial score (nSPS) is 9.56. The first-order valence-electron chi connectivity index (χ1n) is 4.23. The zero-order chi connectivity index (χ0) is 6.95. The molecular formula is C8H18Ga. The van der Waals surface area contributed by atoms with Gasteiger partial charge in [0.2, 0.25) is 0 Å². The van der Waals surface area contributed by atoms with Crippen molar-refractivity contribution in [3.8, 4) is 0 Å². The van der Waals surface area contributed by atoms with Crippen molar-refractivity contribution in [1.29, 1.82) is 0 Å². The van der Waals surface area contributed by atoms with Gasteiger partial charge in [0.1, 0.15) is 0 Å². The van der Waals surface area contributed by atoms with E-state index in [1.165, 1.54) is 25.7 Å². The summed E-state index contributed by atoms with van der Waals surface area (Å²) in [5.41, 5.74) is 0. The summed E-state index contributed by atoms with van der Waals surface area (Å²) < 4.78 is 0. The van der Waals surface area contributed by atoms with Crippen molar-refractivity contribution in [2.24, 2.45) is 0 Å². The second-order valence-electron chi connectivity index (χ2n) is 2.57. The molecule has 0 aliphatic rings. The van der Waals surface area contributed by atoms with Gasteiger partial charge in [-0.15, -0.1) is 0 Å². The van der Waals surface area contributed by atoms with Gasteiger partial charge < -0.3 is 0 Å². The van der Waals surface area contributed by atoms with E-state index in [0.29, 0.717) is 0 Å². The average Bonchev–Trinajstić information content (AvgIpc) is 1.89. The van der Waals surface area contributed by atoms with E-state index in [9.17, 15) is 0 Å². The Morgan fingerprint density at radius 2 is 1.33 bits per heavy atom. The van der Waals surface area contributed by atoms with E-state index in [-0.39, 0.29) is 17.4 Å². The van der Waals surface area contributed by atoms with Crippen molar-refractivity contribution >= 4 is 17.4 Å². The van der Waals surface area contributed by atoms with Crippen molar-refractivity contribution in [1.82, 2.24) is 0 Å². The van der Waals surface area contributed by atoms with Crippen LogP contribution in [0.15, 0.2) is 0 Å². The molecule has 53 valence electrons. The molecule has 0 aliphatic heterocycles. The molecule has 0 aromatic carbocycles. The monoisotopic (exact) mass is 183 g/mol. The third kappa shape index (κ3) is 8.64. The summed E-state index contributed by atoms with van der Waals surface area (Å²) >= 11 is 0.255. The second-order valence-corrected chi connectivity index (χ2v) is 6.21. The van der Waals surface area contributed by atoms with Crippen LogP contribution in [0.3, 0.4) is 0 Å². The van der Waals surface area contributed by atoms with Crippen LogP contribution < -0.4 is 0 Å². The predicted octanol–water partition coefficient (Wildman–Crippen LogP) is 3.13. The maximum atomic E-state index is 2.29. The number of rotatable bonds is 6. The molecule has 9 heavy (non-hydrogen) atoms. The summed E-state index contributed by atoms with van der Waals surface area (Å²) in [6.45, 7) is 4.58. The molecule has 0 saturated carbocycles. The third-order valence-electron chi connectivity index (χ3n) is 1.52. The van der Waals surface area contributed by atoms with Crippen LogP contribution >= 0.6 is 0 Å². The predicted molar refractivity (Wildman–Crippen MR) is 45.2 cm³/mol. The first-order valence-corrected chi connectivity index (χ1v) is 7.66. The van der Waals surface area contributed by atoms with E-state index in [4.69, 9.17) is 0 Å². The fraction of sp³-hybridized carbons (Fsp3) is 1.00. The topological polar surface area (TPSA) is 0 Å². The van der Waals surface area contributed by atoms with Gasteiger partial charge in [0.15, 0.2) is 0 Å². The molecule has 0 nitrogen and oxygen atoms in total. The van der Waals surface area contributed by atoms with Gasteiger partial charge >= 0.3 is 66.9 Å². The summed E-state index contributed by atoms with van der Waals surface area (Å²) in [5.74, 6) is 0. The Hall–Kier alpha value is 0.636. The van der Waals surface area contributed by atoms with Crippen molar-refractivity contribution in [2.75, 3.05) is 0 Å². The molecule has 0 bridgehead atoms. The van der Waals surface area contributed by atoms with Gasteiger partial charge in [0.25, 0.3) is 0 Å². The Labute approximate surface area is 67.2 Å². The molecule has 1 heteroatoms. The maximum absolute atomic E-state index is 2.29. The van der Waals surface area contributed by atoms with E-state index in [0.717, 1.165) is 0 Å². The second kappa shape index (κ2) is 8.64. The van der Waals surface area contributed by atoms with Gasteiger partial charge in [0.05, 0.1) is 0 Å². The molecule has 0 aliphatic carbocycles. The van der Waals surface area contributed by atoms with Crippen LogP contribution in [0.1, 0.15) is 39.5 Å². The number of hydrogen-bond donors (Lipinski definition) is 0. The minimum absolute atomic E-state index is 0.255. The first kappa shape index (κ1) is 9.64. The van der Waals surface area contributed by atoms with Crippen LogP contribution in [0.5, 0.6) is 0 Å².